The van der Waals surface area contributed by atoms with E-state index in [4.69, 9.17) is 14.8 Å². The maximum atomic E-state index is 9.39. The molecule has 0 saturated heterocycles. The molecule has 0 spiro atoms. The fourth-order valence-corrected chi connectivity index (χ4v) is 32.2. The number of methoxy groups -OCH3 is 1. The van der Waals surface area contributed by atoms with Gasteiger partial charge in [-0.3, -0.25) is 4.79 Å². The molecular formula is C129H108BBrK2O6P4PdS4. The van der Waals surface area contributed by atoms with Gasteiger partial charge in [-0.25, -0.2) is 0 Å². The van der Waals surface area contributed by atoms with Crippen molar-refractivity contribution in [3.63, 3.8) is 0 Å². The molecule has 0 aromatic heterocycles. The smallest absolute Gasteiger partial charge is 1.00 e. The van der Waals surface area contributed by atoms with Crippen LogP contribution in [0.3, 0.4) is 0 Å². The van der Waals surface area contributed by atoms with Crippen LogP contribution in [0.25, 0.3) is 54.2 Å². The van der Waals surface area contributed by atoms with Crippen molar-refractivity contribution in [2.24, 2.45) is 0 Å². The molecule has 2 heterocycles. The van der Waals surface area contributed by atoms with Gasteiger partial charge < -0.3 is 26.4 Å². The van der Waals surface area contributed by atoms with E-state index in [1.807, 2.05) is 47.8 Å². The summed E-state index contributed by atoms with van der Waals surface area (Å²) >= 11 is 11.0. The van der Waals surface area contributed by atoms with Crippen molar-refractivity contribution in [1.82, 2.24) is 0 Å². The number of benzene rings is 21. The number of carbonyl (C=O) groups excluding carboxylic acids is 1. The first kappa shape index (κ1) is 116. The third-order valence-corrected chi connectivity index (χ3v) is 39.8. The topological polar surface area (TPSA) is 99.1 Å². The number of halogens is 1. The van der Waals surface area contributed by atoms with E-state index in [-0.39, 0.29) is 142 Å². The number of ether oxygens (including phenoxy) is 1. The predicted molar refractivity (Wildman–Crippen MR) is 635 cm³/mol. The zero-order valence-electron chi connectivity index (χ0n) is 83.5. The number of hydrogen-bond donors (Lipinski definition) is 2. The monoisotopic (exact) mass is 2280 g/mol. The molecule has 0 radical (unpaired) electrons. The van der Waals surface area contributed by atoms with Gasteiger partial charge in [-0.2, -0.15) is 0 Å². The maximum Gasteiger partial charge on any atom is 1.00 e. The first-order chi connectivity index (χ1) is 71.6. The Kier molecular flexibility index (Phi) is 49.4. The summed E-state index contributed by atoms with van der Waals surface area (Å²) in [7, 11) is -1.43. The van der Waals surface area contributed by atoms with Gasteiger partial charge in [-0.15, -0.1) is 23.5 Å². The van der Waals surface area contributed by atoms with Crippen molar-refractivity contribution in [3.05, 3.63) is 568 Å². The van der Waals surface area contributed by atoms with Gasteiger partial charge >= 0.3 is 110 Å². The summed E-state index contributed by atoms with van der Waals surface area (Å²) in [5, 5.41) is 54.7. The Morgan fingerprint density at radius 3 is 0.845 bits per heavy atom. The van der Waals surface area contributed by atoms with Crippen molar-refractivity contribution in [1.29, 1.82) is 0 Å². The van der Waals surface area contributed by atoms with Crippen molar-refractivity contribution in [2.45, 2.75) is 53.2 Å². The molecule has 726 valence electrons. The fraction of sp³-hybridized carbons (Fsp3) is 0.0465. The van der Waals surface area contributed by atoms with Gasteiger partial charge in [0, 0.05) is 78.5 Å². The van der Waals surface area contributed by atoms with Gasteiger partial charge in [0.15, 0.2) is 0 Å². The van der Waals surface area contributed by atoms with Crippen LogP contribution in [-0.2, 0) is 34.8 Å². The molecular weight excluding hydrogens is 2170 g/mol. The fourth-order valence-electron chi connectivity index (χ4n) is 17.0. The van der Waals surface area contributed by atoms with Crippen molar-refractivity contribution < 1.29 is 154 Å². The van der Waals surface area contributed by atoms with Gasteiger partial charge in [-0.1, -0.05) is 546 Å². The van der Waals surface area contributed by atoms with Gasteiger partial charge in [-0.05, 0) is 220 Å². The average Bonchev–Trinajstić information content (AvgIpc) is 0.744. The second kappa shape index (κ2) is 62.9. The SMILES string of the molecule is Brc1c2ccccc2cc2ccccc12.CCCOC.O=CO[O-].OB(O)C1=CC=CC2Sc3ccccc3SC12.[H-].[K+].[K+].[Pd].c1ccc(P(c2ccccc2)c2ccccc2)cc1.c1ccc(P(c2ccccc2)c2ccccc2)cc1.c1ccc(P(c2ccccc2)c2ccccc2)cc1.c1ccc(P(c2ccccc2)c2ccccc2)cc1.c1ccc2c(c1)Sc1cccc(-c3c4ccccc4cc4ccccc34)c1S2. The second-order valence-electron chi connectivity index (χ2n) is 33.2. The Labute approximate surface area is 1000 Å². The van der Waals surface area contributed by atoms with Crippen LogP contribution in [0.5, 0.6) is 0 Å². The quantitative estimate of drug-likeness (QED) is 0.0229. The Bertz CT molecular complexity index is 6710. The normalized spacial score (nSPS) is 12.4. The van der Waals surface area contributed by atoms with Crippen LogP contribution in [0, 0.1) is 0 Å². The van der Waals surface area contributed by atoms with Gasteiger partial charge in [0.05, 0.1) is 0 Å². The molecule has 0 saturated carbocycles. The zero-order valence-corrected chi connectivity index (χ0v) is 98.7. The minimum absolute atomic E-state index is 0. The Hall–Kier alpha value is -8.95. The van der Waals surface area contributed by atoms with E-state index in [0.717, 1.165) is 13.0 Å². The molecule has 21 aromatic rings. The van der Waals surface area contributed by atoms with Crippen LogP contribution in [0.2, 0.25) is 0 Å². The predicted octanol–water partition coefficient (Wildman–Crippen LogP) is 22.5. The minimum Gasteiger partial charge on any atom is -1.00 e. The van der Waals surface area contributed by atoms with Crippen molar-refractivity contribution in [2.75, 3.05) is 13.7 Å². The van der Waals surface area contributed by atoms with Crippen molar-refractivity contribution >= 4 is 215 Å². The van der Waals surface area contributed by atoms with Gasteiger partial charge in [0.25, 0.3) is 6.47 Å². The summed E-state index contributed by atoms with van der Waals surface area (Å²) in [6.45, 7) is 2.80. The summed E-state index contributed by atoms with van der Waals surface area (Å²) in [5.74, 6) is 0. The third kappa shape index (κ3) is 32.3. The molecule has 0 amide bonds. The molecule has 3 aliphatic rings. The number of allylic oxidation sites excluding steroid dienone is 2. The molecule has 1 aliphatic carbocycles. The number of carbonyl (C=O) groups is 1. The largest absolute Gasteiger partial charge is 1.00 e. The molecule has 21 aromatic carbocycles. The molecule has 2 unspecified atom stereocenters. The van der Waals surface area contributed by atoms with Crippen LogP contribution < -0.4 is 172 Å². The summed E-state index contributed by atoms with van der Waals surface area (Å²) in [6.07, 6.45) is 6.98. The standard InChI is InChI=1S/C26H16S2.4C18H15P.C14H9Br.C12H11BO2S2.C4H10O.CH2O3.2K.Pd.H/c1-3-10-19-17(8-1)16-18-9-2-4-11-20(18)25(19)21-12-7-15-24-26(21)28-23-14-6-5-13-22(23)27-24;4*1-4-10-16(11-5-1)19(17-12-6-2-7-13-17)18-14-8-3-9-15-18;15-14-12-7-3-1-5-10(12)9-11-6-2-4-8-13(11)14;14-13(15)8-4-3-7-11-12(8)17-10-6-2-1-5-9(10)16-11;1-3-4-5-2;2-1-4-3;;;;/h1-16H;4*1-15H;1-9H;1-7,11-12,14-15H;3-4H2,1-2H3;1,3H;;;;/q;;;;;;;;;2*+1;;-1/p-1. The minimum atomic E-state index is -1.36. The van der Waals surface area contributed by atoms with Crippen LogP contribution in [0.1, 0.15) is 14.8 Å². The third-order valence-electron chi connectivity index (χ3n) is 23.5. The van der Waals surface area contributed by atoms with E-state index in [9.17, 15) is 10.0 Å². The van der Waals surface area contributed by atoms with Crippen LogP contribution in [-0.4, -0.2) is 47.9 Å². The van der Waals surface area contributed by atoms with Crippen LogP contribution in [0.15, 0.2) is 597 Å². The summed E-state index contributed by atoms with van der Waals surface area (Å²) in [5.41, 5.74) is 3.38. The molecule has 0 bridgehead atoms. The number of hydrogen-bond acceptors (Lipinski definition) is 10. The molecule has 6 nitrogen and oxygen atoms in total. The van der Waals surface area contributed by atoms with E-state index in [1.54, 1.807) is 30.6 Å². The zero-order chi connectivity index (χ0) is 99.8. The Morgan fingerprint density at radius 1 is 0.331 bits per heavy atom. The number of rotatable bonds is 17. The summed E-state index contributed by atoms with van der Waals surface area (Å²) in [6, 6.07) is 192. The Morgan fingerprint density at radius 2 is 0.574 bits per heavy atom. The van der Waals surface area contributed by atoms with Crippen molar-refractivity contribution in [3.8, 4) is 11.1 Å². The molecule has 148 heavy (non-hydrogen) atoms. The summed E-state index contributed by atoms with van der Waals surface area (Å²) in [4.78, 5) is 19.2. The molecule has 2 aliphatic heterocycles. The molecule has 2 N–H and O–H groups in total. The summed E-state index contributed by atoms with van der Waals surface area (Å²) < 4.78 is 5.88. The molecule has 19 heteroatoms. The van der Waals surface area contributed by atoms with E-state index in [1.165, 1.54) is 152 Å². The van der Waals surface area contributed by atoms with E-state index in [0.29, 0.717) is 5.47 Å². The second-order valence-corrected chi connectivity index (χ2v) is 47.4. The van der Waals surface area contributed by atoms with E-state index in [2.05, 4.69) is 562 Å². The molecule has 0 fully saturated rings. The van der Waals surface area contributed by atoms with E-state index < -0.39 is 38.8 Å². The number of fused-ring (bicyclic) bond motifs is 8. The Balaban J connectivity index is 0.000000152. The van der Waals surface area contributed by atoms with Crippen LogP contribution >= 0.6 is 94.7 Å². The maximum absolute atomic E-state index is 9.39. The van der Waals surface area contributed by atoms with Crippen LogP contribution in [0.4, 0.5) is 0 Å². The molecule has 2 atom stereocenters. The van der Waals surface area contributed by atoms with Gasteiger partial charge in [0.2, 0.25) is 0 Å². The van der Waals surface area contributed by atoms with E-state index >= 15 is 0 Å². The van der Waals surface area contributed by atoms with Gasteiger partial charge in [0.1, 0.15) is 0 Å². The average molecular weight is 2280 g/mol. The first-order valence-electron chi connectivity index (χ1n) is 47.9. The number of thioether (sulfide) groups is 2. The first-order valence-corrected chi connectivity index (χ1v) is 57.4. The molecule has 24 rings (SSSR count).